The van der Waals surface area contributed by atoms with Crippen LogP contribution in [0.5, 0.6) is 0 Å². The standard InChI is InChI=1S/C34H71N.ClH/c1-2-3-4-5-6-7-8-9-10-11-12-13-14-15-16-17-18-19-20-21-22-23-24-25-26-27-28-29-30-31-32-33-34-35;/h2-35H2,1H3;1H. The molecule has 0 aromatic heterocycles. The summed E-state index contributed by atoms with van der Waals surface area (Å²) in [6.45, 7) is 3.43. The summed E-state index contributed by atoms with van der Waals surface area (Å²) in [5, 5.41) is 0. The Balaban J connectivity index is 0. The van der Waals surface area contributed by atoms with Crippen LogP contribution in [0, 0.1) is 0 Å². The molecule has 0 aliphatic carbocycles. The molecular weight excluding hydrogens is 458 g/mol. The van der Waals surface area contributed by atoms with E-state index in [-0.39, 0.29) is 12.4 Å². The molecule has 36 heavy (non-hydrogen) atoms. The zero-order chi connectivity index (χ0) is 25.3. The van der Waals surface area contributed by atoms with E-state index in [4.69, 9.17) is 0 Å². The second-order valence-corrected chi connectivity index (χ2v) is 11.8. The Morgan fingerprint density at radius 2 is 0.389 bits per heavy atom. The first-order chi connectivity index (χ1) is 17.4. The molecule has 0 unspecified atom stereocenters. The zero-order valence-corrected chi connectivity index (χ0v) is 26.2. The summed E-state index contributed by atoms with van der Waals surface area (Å²) in [5.74, 6) is 0. The van der Waals surface area contributed by atoms with Gasteiger partial charge in [0.05, 0.1) is 6.54 Å². The molecule has 0 amide bonds. The van der Waals surface area contributed by atoms with Gasteiger partial charge in [-0.2, -0.15) is 0 Å². The smallest absolute Gasteiger partial charge is 0.0739 e. The maximum atomic E-state index is 3.92. The second kappa shape index (κ2) is 37.4. The Morgan fingerprint density at radius 1 is 0.250 bits per heavy atom. The van der Waals surface area contributed by atoms with Crippen molar-refractivity contribution in [3.8, 4) is 0 Å². The van der Waals surface area contributed by atoms with Crippen LogP contribution in [0.2, 0.25) is 0 Å². The quantitative estimate of drug-likeness (QED) is 0.0843. The van der Waals surface area contributed by atoms with Crippen LogP contribution in [0.15, 0.2) is 0 Å². The van der Waals surface area contributed by atoms with Crippen LogP contribution in [0.25, 0.3) is 0 Å². The molecule has 1 nitrogen and oxygen atoms in total. The molecule has 0 atom stereocenters. The predicted molar refractivity (Wildman–Crippen MR) is 161 cm³/mol. The van der Waals surface area contributed by atoms with Crippen LogP contribution in [0.4, 0.5) is 0 Å². The van der Waals surface area contributed by atoms with Crippen LogP contribution >= 0.6 is 0 Å². The van der Waals surface area contributed by atoms with E-state index < -0.39 is 0 Å². The van der Waals surface area contributed by atoms with Crippen LogP contribution in [0.3, 0.4) is 0 Å². The van der Waals surface area contributed by atoms with Crippen molar-refractivity contribution in [1.82, 2.24) is 0 Å². The number of unbranched alkanes of at least 4 members (excludes halogenated alkanes) is 31. The molecule has 0 fully saturated rings. The van der Waals surface area contributed by atoms with Gasteiger partial charge < -0.3 is 18.1 Å². The fourth-order valence-corrected chi connectivity index (χ4v) is 5.55. The maximum Gasteiger partial charge on any atom is 0.0739 e. The summed E-state index contributed by atoms with van der Waals surface area (Å²) >= 11 is 0. The third kappa shape index (κ3) is 36.4. The van der Waals surface area contributed by atoms with Crippen molar-refractivity contribution in [3.63, 3.8) is 0 Å². The Bertz CT molecular complexity index is 314. The number of quaternary nitrogens is 1. The van der Waals surface area contributed by atoms with Gasteiger partial charge in [-0.25, -0.2) is 0 Å². The molecule has 0 radical (unpaired) electrons. The lowest BCUT2D eigenvalue weighted by atomic mass is 10.0. The lowest BCUT2D eigenvalue weighted by Gasteiger charge is -2.04. The molecule has 0 aliphatic rings. The molecule has 0 aromatic carbocycles. The van der Waals surface area contributed by atoms with Gasteiger partial charge in [0.25, 0.3) is 0 Å². The van der Waals surface area contributed by atoms with Gasteiger partial charge in [0.15, 0.2) is 0 Å². The average molecular weight is 530 g/mol. The molecule has 2 heteroatoms. The fourth-order valence-electron chi connectivity index (χ4n) is 5.55. The van der Waals surface area contributed by atoms with Gasteiger partial charge in [0, 0.05) is 0 Å². The highest BCUT2D eigenvalue weighted by atomic mass is 35.5. The minimum atomic E-state index is 0. The summed E-state index contributed by atoms with van der Waals surface area (Å²) in [7, 11) is 0. The summed E-state index contributed by atoms with van der Waals surface area (Å²) in [4.78, 5) is 0. The molecule has 0 spiro atoms. The van der Waals surface area contributed by atoms with Gasteiger partial charge in [0.1, 0.15) is 0 Å². The van der Waals surface area contributed by atoms with Gasteiger partial charge in [-0.15, -0.1) is 0 Å². The highest BCUT2D eigenvalue weighted by Crippen LogP contribution is 2.16. The van der Waals surface area contributed by atoms with Crippen molar-refractivity contribution in [2.24, 2.45) is 0 Å². The number of hydrogen-bond donors (Lipinski definition) is 1. The minimum absolute atomic E-state index is 0. The Labute approximate surface area is 236 Å². The zero-order valence-electron chi connectivity index (χ0n) is 25.4. The lowest BCUT2D eigenvalue weighted by molar-refractivity contribution is -0.368. The van der Waals surface area contributed by atoms with Crippen LogP contribution in [-0.2, 0) is 0 Å². The number of hydrogen-bond acceptors (Lipinski definition) is 0. The molecule has 0 aromatic rings. The minimum Gasteiger partial charge on any atom is -1.00 e. The molecule has 0 saturated carbocycles. The van der Waals surface area contributed by atoms with Crippen molar-refractivity contribution >= 4 is 0 Å². The molecular formula is C34H72ClN. The van der Waals surface area contributed by atoms with E-state index in [1.165, 1.54) is 205 Å². The number of halogens is 1. The third-order valence-electron chi connectivity index (χ3n) is 8.10. The van der Waals surface area contributed by atoms with Crippen LogP contribution < -0.4 is 18.1 Å². The van der Waals surface area contributed by atoms with E-state index in [1.54, 1.807) is 0 Å². The highest BCUT2D eigenvalue weighted by molar-refractivity contribution is 4.52. The second-order valence-electron chi connectivity index (χ2n) is 11.8. The number of rotatable bonds is 32. The first kappa shape index (κ1) is 38.4. The first-order valence-electron chi connectivity index (χ1n) is 17.2. The van der Waals surface area contributed by atoms with E-state index in [2.05, 4.69) is 12.7 Å². The van der Waals surface area contributed by atoms with Gasteiger partial charge in [-0.1, -0.05) is 200 Å². The first-order valence-corrected chi connectivity index (χ1v) is 17.2. The summed E-state index contributed by atoms with van der Waals surface area (Å²) in [5.41, 5.74) is 3.92. The molecule has 220 valence electrons. The third-order valence-corrected chi connectivity index (χ3v) is 8.10. The topological polar surface area (TPSA) is 27.6 Å². The van der Waals surface area contributed by atoms with Crippen LogP contribution in [0.1, 0.15) is 212 Å². The SMILES string of the molecule is CCCCCCCCCCCCCCCCCCCCCCCCCCCCCCCCCC[NH3+].[Cl-]. The maximum absolute atomic E-state index is 3.92. The summed E-state index contributed by atoms with van der Waals surface area (Å²) in [6.07, 6.45) is 47.1. The van der Waals surface area contributed by atoms with Gasteiger partial charge >= 0.3 is 0 Å². The monoisotopic (exact) mass is 530 g/mol. The summed E-state index contributed by atoms with van der Waals surface area (Å²) < 4.78 is 0. The van der Waals surface area contributed by atoms with Crippen molar-refractivity contribution in [3.05, 3.63) is 0 Å². The molecule has 0 heterocycles. The van der Waals surface area contributed by atoms with Crippen molar-refractivity contribution < 1.29 is 18.1 Å². The Hall–Kier alpha value is 0.250. The molecule has 3 N–H and O–H groups in total. The molecule has 0 bridgehead atoms. The van der Waals surface area contributed by atoms with Crippen LogP contribution in [-0.4, -0.2) is 6.54 Å². The lowest BCUT2D eigenvalue weighted by Crippen LogP contribution is -3.00. The molecule has 0 aliphatic heterocycles. The molecule has 0 rings (SSSR count). The van der Waals surface area contributed by atoms with Gasteiger partial charge in [-0.05, 0) is 12.8 Å². The van der Waals surface area contributed by atoms with Crippen molar-refractivity contribution in [2.45, 2.75) is 212 Å². The van der Waals surface area contributed by atoms with E-state index in [9.17, 15) is 0 Å². The Kier molecular flexibility index (Phi) is 39.9. The van der Waals surface area contributed by atoms with E-state index in [0.717, 1.165) is 6.54 Å². The molecule has 0 saturated heterocycles. The largest absolute Gasteiger partial charge is 1.00 e. The Morgan fingerprint density at radius 3 is 0.528 bits per heavy atom. The predicted octanol–water partition coefficient (Wildman–Crippen LogP) is 8.74. The van der Waals surface area contributed by atoms with E-state index in [0.29, 0.717) is 0 Å². The van der Waals surface area contributed by atoms with Gasteiger partial charge in [-0.3, -0.25) is 0 Å². The van der Waals surface area contributed by atoms with E-state index >= 15 is 0 Å². The van der Waals surface area contributed by atoms with E-state index in [1.807, 2.05) is 0 Å². The highest BCUT2D eigenvalue weighted by Gasteiger charge is 1.97. The normalized spacial score (nSPS) is 11.2. The average Bonchev–Trinajstić information content (AvgIpc) is 2.87. The summed E-state index contributed by atoms with van der Waals surface area (Å²) in [6, 6.07) is 0. The van der Waals surface area contributed by atoms with Crippen molar-refractivity contribution in [1.29, 1.82) is 0 Å². The fraction of sp³-hybridized carbons (Fsp3) is 1.00. The van der Waals surface area contributed by atoms with Crippen molar-refractivity contribution in [2.75, 3.05) is 6.54 Å². The van der Waals surface area contributed by atoms with Gasteiger partial charge in [0.2, 0.25) is 0 Å².